The maximum absolute atomic E-state index is 6.09. The topological polar surface area (TPSA) is 70.3 Å². The van der Waals surface area contributed by atoms with Gasteiger partial charge >= 0.3 is 0 Å². The summed E-state index contributed by atoms with van der Waals surface area (Å²) in [7, 11) is 1.76. The third-order valence-electron chi connectivity index (χ3n) is 3.69. The molecule has 2 atom stereocenters. The molecule has 0 saturated heterocycles. The van der Waals surface area contributed by atoms with Crippen molar-refractivity contribution in [1.82, 2.24) is 9.97 Å². The Morgan fingerprint density at radius 2 is 2.10 bits per heavy atom. The summed E-state index contributed by atoms with van der Waals surface area (Å²) in [5.74, 6) is 0.882. The van der Waals surface area contributed by atoms with Gasteiger partial charge in [0.25, 0.3) is 0 Å². The number of nitrogen functional groups attached to an aromatic ring is 1. The van der Waals surface area contributed by atoms with E-state index in [9.17, 15) is 0 Å². The number of fused-ring (bicyclic) bond motifs is 1. The highest BCUT2D eigenvalue weighted by Crippen LogP contribution is 2.33. The Bertz CT molecular complexity index is 614. The molecule has 1 saturated carbocycles. The zero-order valence-electron chi connectivity index (χ0n) is 11.8. The van der Waals surface area contributed by atoms with Crippen molar-refractivity contribution in [1.29, 1.82) is 0 Å². The standard InChI is InChI=1S/C14H19N3O2S/c1-8-6-11-12(16-14(15)17-13(11)20-8)19-10-5-3-4-9(7-10)18-2/h6,9-10H,3-5,7H2,1-2H3,(H2,15,16,17). The number of ether oxygens (including phenoxy) is 2. The Kier molecular flexibility index (Phi) is 3.76. The molecule has 1 aliphatic rings. The van der Waals surface area contributed by atoms with Gasteiger partial charge in [-0.3, -0.25) is 0 Å². The van der Waals surface area contributed by atoms with Gasteiger partial charge in [-0.25, -0.2) is 4.98 Å². The molecule has 0 amide bonds. The van der Waals surface area contributed by atoms with Crippen LogP contribution in [0.4, 0.5) is 5.95 Å². The predicted octanol–water partition coefficient (Wildman–Crippen LogP) is 2.92. The van der Waals surface area contributed by atoms with Crippen molar-refractivity contribution in [2.45, 2.75) is 44.8 Å². The van der Waals surface area contributed by atoms with E-state index in [4.69, 9.17) is 15.2 Å². The van der Waals surface area contributed by atoms with Gasteiger partial charge in [0, 0.05) is 18.4 Å². The van der Waals surface area contributed by atoms with E-state index in [-0.39, 0.29) is 18.2 Å². The second-order valence-electron chi connectivity index (χ2n) is 5.23. The highest BCUT2D eigenvalue weighted by Gasteiger charge is 2.24. The highest BCUT2D eigenvalue weighted by molar-refractivity contribution is 7.18. The molecular weight excluding hydrogens is 274 g/mol. The smallest absolute Gasteiger partial charge is 0.227 e. The molecule has 0 spiro atoms. The predicted molar refractivity (Wildman–Crippen MR) is 80.2 cm³/mol. The SMILES string of the molecule is COC1CCCC(Oc2nc(N)nc3sc(C)cc23)C1. The van der Waals surface area contributed by atoms with Crippen LogP contribution < -0.4 is 10.5 Å². The van der Waals surface area contributed by atoms with Crippen LogP contribution in [0.25, 0.3) is 10.2 Å². The number of anilines is 1. The lowest BCUT2D eigenvalue weighted by atomic mass is 9.95. The summed E-state index contributed by atoms with van der Waals surface area (Å²) in [6.45, 7) is 2.05. The molecule has 2 heterocycles. The number of aryl methyl sites for hydroxylation is 1. The maximum Gasteiger partial charge on any atom is 0.227 e. The van der Waals surface area contributed by atoms with E-state index in [1.165, 1.54) is 4.88 Å². The van der Waals surface area contributed by atoms with Crippen molar-refractivity contribution in [3.63, 3.8) is 0 Å². The Morgan fingerprint density at radius 3 is 2.90 bits per heavy atom. The van der Waals surface area contributed by atoms with Gasteiger partial charge < -0.3 is 15.2 Å². The van der Waals surface area contributed by atoms with Gasteiger partial charge in [0.2, 0.25) is 11.8 Å². The first-order chi connectivity index (χ1) is 9.65. The van der Waals surface area contributed by atoms with E-state index < -0.39 is 0 Å². The minimum absolute atomic E-state index is 0.145. The monoisotopic (exact) mass is 293 g/mol. The van der Waals surface area contributed by atoms with Crippen molar-refractivity contribution in [2.75, 3.05) is 12.8 Å². The number of hydrogen-bond acceptors (Lipinski definition) is 6. The van der Waals surface area contributed by atoms with Crippen LogP contribution in [-0.4, -0.2) is 29.3 Å². The number of hydrogen-bond donors (Lipinski definition) is 1. The number of aromatic nitrogens is 2. The van der Waals surface area contributed by atoms with Gasteiger partial charge in [0.15, 0.2) is 0 Å². The molecule has 3 rings (SSSR count). The van der Waals surface area contributed by atoms with E-state index in [1.54, 1.807) is 18.4 Å². The first kappa shape index (κ1) is 13.6. The summed E-state index contributed by atoms with van der Waals surface area (Å²) >= 11 is 1.61. The van der Waals surface area contributed by atoms with Crippen LogP contribution >= 0.6 is 11.3 Å². The van der Waals surface area contributed by atoms with Crippen molar-refractivity contribution >= 4 is 27.5 Å². The van der Waals surface area contributed by atoms with Crippen LogP contribution in [0.2, 0.25) is 0 Å². The molecule has 108 valence electrons. The number of nitrogens with two attached hydrogens (primary N) is 1. The molecule has 5 nitrogen and oxygen atoms in total. The Balaban J connectivity index is 1.86. The molecule has 1 aliphatic carbocycles. The summed E-state index contributed by atoms with van der Waals surface area (Å²) in [6.07, 6.45) is 4.60. The lowest BCUT2D eigenvalue weighted by Gasteiger charge is -2.28. The lowest BCUT2D eigenvalue weighted by Crippen LogP contribution is -2.29. The van der Waals surface area contributed by atoms with Gasteiger partial charge in [-0.2, -0.15) is 4.98 Å². The summed E-state index contributed by atoms with van der Waals surface area (Å²) < 4.78 is 11.5. The molecule has 2 aromatic heterocycles. The fraction of sp³-hybridized carbons (Fsp3) is 0.571. The quantitative estimate of drug-likeness (QED) is 0.942. The second-order valence-corrected chi connectivity index (χ2v) is 6.46. The molecule has 6 heteroatoms. The van der Waals surface area contributed by atoms with Gasteiger partial charge in [-0.15, -0.1) is 11.3 Å². The molecule has 0 bridgehead atoms. The maximum atomic E-state index is 6.09. The van der Waals surface area contributed by atoms with E-state index in [0.29, 0.717) is 5.88 Å². The first-order valence-electron chi connectivity index (χ1n) is 6.89. The van der Waals surface area contributed by atoms with Gasteiger partial charge in [-0.05, 0) is 32.3 Å². The van der Waals surface area contributed by atoms with E-state index in [2.05, 4.69) is 16.0 Å². The molecule has 1 fully saturated rings. The van der Waals surface area contributed by atoms with Crippen molar-refractivity contribution < 1.29 is 9.47 Å². The van der Waals surface area contributed by atoms with Gasteiger partial charge in [-0.1, -0.05) is 0 Å². The second kappa shape index (κ2) is 5.54. The Morgan fingerprint density at radius 1 is 1.30 bits per heavy atom. The van der Waals surface area contributed by atoms with E-state index in [0.717, 1.165) is 35.9 Å². The molecule has 2 unspecified atom stereocenters. The van der Waals surface area contributed by atoms with Crippen LogP contribution in [0.15, 0.2) is 6.07 Å². The Labute approximate surface area is 122 Å². The molecule has 2 N–H and O–H groups in total. The number of rotatable bonds is 3. The third-order valence-corrected chi connectivity index (χ3v) is 4.63. The molecular formula is C14H19N3O2S. The van der Waals surface area contributed by atoms with Crippen molar-refractivity contribution in [3.8, 4) is 5.88 Å². The fourth-order valence-corrected chi connectivity index (χ4v) is 3.58. The number of thiophene rings is 1. The zero-order chi connectivity index (χ0) is 14.1. The average Bonchev–Trinajstić information content (AvgIpc) is 2.79. The summed E-state index contributed by atoms with van der Waals surface area (Å²) in [6, 6.07) is 2.06. The highest BCUT2D eigenvalue weighted by atomic mass is 32.1. The third kappa shape index (κ3) is 2.71. The molecule has 0 radical (unpaired) electrons. The number of methoxy groups -OCH3 is 1. The van der Waals surface area contributed by atoms with Crippen LogP contribution in [0.5, 0.6) is 5.88 Å². The van der Waals surface area contributed by atoms with E-state index in [1.807, 2.05) is 6.92 Å². The van der Waals surface area contributed by atoms with Gasteiger partial charge in [0.05, 0.1) is 11.5 Å². The van der Waals surface area contributed by atoms with E-state index >= 15 is 0 Å². The van der Waals surface area contributed by atoms with Gasteiger partial charge in [0.1, 0.15) is 10.9 Å². The molecule has 0 aliphatic heterocycles. The first-order valence-corrected chi connectivity index (χ1v) is 7.70. The van der Waals surface area contributed by atoms with Crippen molar-refractivity contribution in [2.24, 2.45) is 0 Å². The summed E-state index contributed by atoms with van der Waals surface area (Å²) in [4.78, 5) is 10.6. The lowest BCUT2D eigenvalue weighted by molar-refractivity contribution is 0.0201. The summed E-state index contributed by atoms with van der Waals surface area (Å²) in [5, 5.41) is 0.959. The molecule has 2 aromatic rings. The van der Waals surface area contributed by atoms with Crippen LogP contribution in [0.3, 0.4) is 0 Å². The largest absolute Gasteiger partial charge is 0.474 e. The minimum Gasteiger partial charge on any atom is -0.474 e. The van der Waals surface area contributed by atoms with Crippen LogP contribution in [0.1, 0.15) is 30.6 Å². The Hall–Kier alpha value is -1.40. The van der Waals surface area contributed by atoms with Crippen LogP contribution in [0, 0.1) is 6.92 Å². The fourth-order valence-electron chi connectivity index (χ4n) is 2.70. The minimum atomic E-state index is 0.145. The summed E-state index contributed by atoms with van der Waals surface area (Å²) in [5.41, 5.74) is 5.77. The van der Waals surface area contributed by atoms with Crippen molar-refractivity contribution in [3.05, 3.63) is 10.9 Å². The molecule has 0 aromatic carbocycles. The normalized spacial score (nSPS) is 23.1. The van der Waals surface area contributed by atoms with Crippen LogP contribution in [-0.2, 0) is 4.74 Å². The number of nitrogens with zero attached hydrogens (tertiary/aromatic N) is 2. The zero-order valence-corrected chi connectivity index (χ0v) is 12.6. The molecule has 20 heavy (non-hydrogen) atoms. The average molecular weight is 293 g/mol.